The summed E-state index contributed by atoms with van der Waals surface area (Å²) in [7, 11) is -3.51. The van der Waals surface area contributed by atoms with Crippen molar-refractivity contribution in [1.29, 1.82) is 0 Å². The molecular weight excluding hydrogens is 460 g/mol. The van der Waals surface area contributed by atoms with E-state index in [0.717, 1.165) is 17.7 Å². The van der Waals surface area contributed by atoms with Crippen molar-refractivity contribution in [3.63, 3.8) is 0 Å². The molecule has 1 N–H and O–H groups in total. The van der Waals surface area contributed by atoms with Gasteiger partial charge in [0.15, 0.2) is 6.10 Å². The molecule has 0 bridgehead atoms. The number of thioether (sulfide) groups is 1. The highest BCUT2D eigenvalue weighted by molar-refractivity contribution is 8.00. The van der Waals surface area contributed by atoms with Crippen molar-refractivity contribution in [2.75, 3.05) is 24.2 Å². The lowest BCUT2D eigenvalue weighted by molar-refractivity contribution is -0.150. The van der Waals surface area contributed by atoms with Gasteiger partial charge in [-0.2, -0.15) is 4.31 Å². The minimum atomic E-state index is -3.51. The predicted molar refractivity (Wildman–Crippen MR) is 121 cm³/mol. The van der Waals surface area contributed by atoms with Crippen molar-refractivity contribution in [3.05, 3.63) is 53.6 Å². The Balaban J connectivity index is 1.51. The topological polar surface area (TPSA) is 92.8 Å². The molecule has 1 heterocycles. The van der Waals surface area contributed by atoms with Crippen molar-refractivity contribution in [1.82, 2.24) is 4.31 Å². The van der Waals surface area contributed by atoms with Gasteiger partial charge in [0.05, 0.1) is 15.7 Å². The van der Waals surface area contributed by atoms with Crippen LogP contribution < -0.4 is 5.32 Å². The average molecular weight is 483 g/mol. The number of ether oxygens (including phenoxy) is 1. The van der Waals surface area contributed by atoms with E-state index < -0.39 is 28.0 Å². The molecule has 0 spiro atoms. The smallest absolute Gasteiger partial charge is 0.317 e. The van der Waals surface area contributed by atoms with Gasteiger partial charge in [-0.25, -0.2) is 8.42 Å². The van der Waals surface area contributed by atoms with Gasteiger partial charge in [0.25, 0.3) is 5.91 Å². The molecule has 0 aromatic heterocycles. The molecule has 31 heavy (non-hydrogen) atoms. The van der Waals surface area contributed by atoms with Gasteiger partial charge in [0.1, 0.15) is 0 Å². The molecule has 1 aliphatic heterocycles. The van der Waals surface area contributed by atoms with Crippen molar-refractivity contribution >= 4 is 50.9 Å². The summed E-state index contributed by atoms with van der Waals surface area (Å²) in [5.41, 5.74) is 0.415. The molecular formula is C21H23ClN2O5S2. The minimum absolute atomic E-state index is 0.0183. The number of hydrogen-bond acceptors (Lipinski definition) is 6. The molecule has 0 aliphatic carbocycles. The molecule has 1 fully saturated rings. The summed E-state index contributed by atoms with van der Waals surface area (Å²) in [6.45, 7) is 2.52. The van der Waals surface area contributed by atoms with Crippen molar-refractivity contribution in [2.24, 2.45) is 0 Å². The molecule has 1 aliphatic rings. The molecule has 1 atom stereocenters. The van der Waals surface area contributed by atoms with Crippen LogP contribution in [0.2, 0.25) is 5.02 Å². The second-order valence-electron chi connectivity index (χ2n) is 6.98. The van der Waals surface area contributed by atoms with Gasteiger partial charge < -0.3 is 10.1 Å². The number of halogens is 1. The summed E-state index contributed by atoms with van der Waals surface area (Å²) in [5, 5.41) is 3.17. The number of nitrogens with one attached hydrogen (secondary N) is 1. The van der Waals surface area contributed by atoms with Crippen LogP contribution >= 0.6 is 23.4 Å². The van der Waals surface area contributed by atoms with Gasteiger partial charge in [-0.15, -0.1) is 11.8 Å². The second kappa shape index (κ2) is 10.5. The van der Waals surface area contributed by atoms with Gasteiger partial charge in [0.2, 0.25) is 10.0 Å². The predicted octanol–water partition coefficient (Wildman–Crippen LogP) is 3.79. The summed E-state index contributed by atoms with van der Waals surface area (Å²) in [5.74, 6) is -1.03. The molecule has 1 saturated heterocycles. The summed E-state index contributed by atoms with van der Waals surface area (Å²) < 4.78 is 31.7. The number of hydrogen-bond donors (Lipinski definition) is 1. The van der Waals surface area contributed by atoms with Gasteiger partial charge in [0, 0.05) is 23.7 Å². The first-order valence-electron chi connectivity index (χ1n) is 9.75. The lowest BCUT2D eigenvalue weighted by Gasteiger charge is -2.16. The molecule has 7 nitrogen and oxygen atoms in total. The third-order valence-electron chi connectivity index (χ3n) is 4.68. The fraction of sp³-hybridized carbons (Fsp3) is 0.333. The number of amides is 1. The van der Waals surface area contributed by atoms with E-state index in [1.807, 2.05) is 6.07 Å². The monoisotopic (exact) mass is 482 g/mol. The number of carbonyl (C=O) groups excluding carboxylic acids is 2. The molecule has 0 radical (unpaired) electrons. The van der Waals surface area contributed by atoms with E-state index in [4.69, 9.17) is 16.3 Å². The first kappa shape index (κ1) is 23.6. The van der Waals surface area contributed by atoms with Gasteiger partial charge in [-0.3, -0.25) is 9.59 Å². The van der Waals surface area contributed by atoms with Crippen LogP contribution in [-0.4, -0.2) is 49.5 Å². The standard InChI is InChI=1S/C21H23ClN2O5S2/c1-15(29-20(25)14-30-19-7-3-2-6-18(19)22)21(26)23-16-8-10-17(11-9-16)31(27,28)24-12-4-5-13-24/h2-3,6-11,15H,4-5,12-14H2,1H3,(H,23,26). The van der Waals surface area contributed by atoms with E-state index in [0.29, 0.717) is 23.8 Å². The molecule has 3 rings (SSSR count). The Labute approximate surface area is 191 Å². The Kier molecular flexibility index (Phi) is 7.99. The second-order valence-corrected chi connectivity index (χ2v) is 10.3. The highest BCUT2D eigenvalue weighted by atomic mass is 35.5. The lowest BCUT2D eigenvalue weighted by Crippen LogP contribution is -2.30. The molecule has 10 heteroatoms. The molecule has 0 saturated carbocycles. The number of sulfonamides is 1. The van der Waals surface area contributed by atoms with E-state index in [2.05, 4.69) is 5.32 Å². The fourth-order valence-electron chi connectivity index (χ4n) is 3.01. The Morgan fingerprint density at radius 3 is 2.42 bits per heavy atom. The first-order chi connectivity index (χ1) is 14.8. The first-order valence-corrected chi connectivity index (χ1v) is 12.6. The molecule has 166 valence electrons. The minimum Gasteiger partial charge on any atom is -0.452 e. The van der Waals surface area contributed by atoms with Crippen molar-refractivity contribution < 1.29 is 22.7 Å². The number of anilines is 1. The fourth-order valence-corrected chi connectivity index (χ4v) is 5.55. The zero-order valence-corrected chi connectivity index (χ0v) is 19.3. The van der Waals surface area contributed by atoms with Crippen molar-refractivity contribution in [3.8, 4) is 0 Å². The quantitative estimate of drug-likeness (QED) is 0.454. The maximum atomic E-state index is 12.6. The van der Waals surface area contributed by atoms with Crippen LogP contribution in [0.15, 0.2) is 58.3 Å². The Morgan fingerprint density at radius 1 is 1.13 bits per heavy atom. The maximum Gasteiger partial charge on any atom is 0.317 e. The van der Waals surface area contributed by atoms with E-state index >= 15 is 0 Å². The molecule has 1 unspecified atom stereocenters. The Hall–Kier alpha value is -2.07. The van der Waals surface area contributed by atoms with Crippen LogP contribution in [0.1, 0.15) is 19.8 Å². The number of benzene rings is 2. The summed E-state index contributed by atoms with van der Waals surface area (Å²) in [6.07, 6.45) is 0.717. The van der Waals surface area contributed by atoms with E-state index in [1.54, 1.807) is 18.2 Å². The SMILES string of the molecule is CC(OC(=O)CSc1ccccc1Cl)C(=O)Nc1ccc(S(=O)(=O)N2CCCC2)cc1. The highest BCUT2D eigenvalue weighted by Crippen LogP contribution is 2.26. The van der Waals surface area contributed by atoms with Crippen LogP contribution in [0, 0.1) is 0 Å². The van der Waals surface area contributed by atoms with Crippen LogP contribution in [0.25, 0.3) is 0 Å². The normalized spacial score (nSPS) is 15.4. The summed E-state index contributed by atoms with van der Waals surface area (Å²) in [4.78, 5) is 25.3. The number of rotatable bonds is 8. The van der Waals surface area contributed by atoms with E-state index in [9.17, 15) is 18.0 Å². The highest BCUT2D eigenvalue weighted by Gasteiger charge is 2.27. The molecule has 1 amide bonds. The lowest BCUT2D eigenvalue weighted by atomic mass is 10.3. The largest absolute Gasteiger partial charge is 0.452 e. The third kappa shape index (κ3) is 6.22. The zero-order chi connectivity index (χ0) is 22.4. The zero-order valence-electron chi connectivity index (χ0n) is 16.9. The van der Waals surface area contributed by atoms with Gasteiger partial charge >= 0.3 is 5.97 Å². The van der Waals surface area contributed by atoms with E-state index in [-0.39, 0.29) is 10.6 Å². The Bertz CT molecular complexity index is 1040. The van der Waals surface area contributed by atoms with Crippen molar-refractivity contribution in [2.45, 2.75) is 35.7 Å². The summed E-state index contributed by atoms with van der Waals surface area (Å²) in [6, 6.07) is 13.1. The molecule has 2 aromatic carbocycles. The Morgan fingerprint density at radius 2 is 1.77 bits per heavy atom. The number of esters is 1. The number of nitrogens with zero attached hydrogens (tertiary/aromatic N) is 1. The van der Waals surface area contributed by atoms with Gasteiger partial charge in [-0.1, -0.05) is 23.7 Å². The molecule has 2 aromatic rings. The average Bonchev–Trinajstić information content (AvgIpc) is 3.29. The summed E-state index contributed by atoms with van der Waals surface area (Å²) >= 11 is 7.28. The van der Waals surface area contributed by atoms with Crippen LogP contribution in [-0.2, 0) is 24.3 Å². The van der Waals surface area contributed by atoms with Gasteiger partial charge in [-0.05, 0) is 56.2 Å². The van der Waals surface area contributed by atoms with Crippen LogP contribution in [0.5, 0.6) is 0 Å². The van der Waals surface area contributed by atoms with Crippen LogP contribution in [0.4, 0.5) is 5.69 Å². The van der Waals surface area contributed by atoms with E-state index in [1.165, 1.54) is 47.3 Å². The maximum absolute atomic E-state index is 12.6. The number of carbonyl (C=O) groups is 2. The van der Waals surface area contributed by atoms with Crippen LogP contribution in [0.3, 0.4) is 0 Å². The third-order valence-corrected chi connectivity index (χ3v) is 8.09.